The molecule has 0 saturated carbocycles. The summed E-state index contributed by atoms with van der Waals surface area (Å²) in [6, 6.07) is 7.44. The molecule has 0 fully saturated rings. The summed E-state index contributed by atoms with van der Waals surface area (Å²) in [4.78, 5) is 27.9. The lowest BCUT2D eigenvalue weighted by Gasteiger charge is -2.03. The predicted molar refractivity (Wildman–Crippen MR) is 88.0 cm³/mol. The fourth-order valence-electron chi connectivity index (χ4n) is 2.75. The number of nitrogens with one attached hydrogen (secondary N) is 1. The van der Waals surface area contributed by atoms with Gasteiger partial charge in [0.15, 0.2) is 0 Å². The van der Waals surface area contributed by atoms with Crippen molar-refractivity contribution >= 4 is 27.6 Å². The Balaban J connectivity index is 2.57. The number of hydrogen-bond acceptors (Lipinski definition) is 3. The average molecular weight is 296 g/mol. The summed E-state index contributed by atoms with van der Waals surface area (Å²) < 4.78 is 7.07. The molecule has 5 heteroatoms. The zero-order valence-electron chi connectivity index (χ0n) is 12.5. The van der Waals surface area contributed by atoms with Gasteiger partial charge in [0.05, 0.1) is 17.6 Å². The van der Waals surface area contributed by atoms with Crippen LogP contribution in [0.4, 0.5) is 0 Å². The molecule has 2 heterocycles. The average Bonchev–Trinajstić information content (AvgIpc) is 2.73. The van der Waals surface area contributed by atoms with Crippen molar-refractivity contribution in [2.75, 3.05) is 6.61 Å². The predicted octanol–water partition coefficient (Wildman–Crippen LogP) is 2.39. The quantitative estimate of drug-likeness (QED) is 0.755. The number of ether oxygens (including phenoxy) is 1. The summed E-state index contributed by atoms with van der Waals surface area (Å²) >= 11 is 0. The molecule has 0 bridgehead atoms. The summed E-state index contributed by atoms with van der Waals surface area (Å²) in [5.74, 6) is 0.258. The third kappa shape index (κ3) is 1.94. The first-order valence-electron chi connectivity index (χ1n) is 7.01. The number of aromatic amines is 1. The maximum absolute atomic E-state index is 12.9. The summed E-state index contributed by atoms with van der Waals surface area (Å²) in [5.41, 5.74) is 0.872. The Morgan fingerprint density at radius 1 is 1.32 bits per heavy atom. The Hall–Kier alpha value is -2.82. The topological polar surface area (TPSA) is 64.1 Å². The SMILES string of the molecule is C=C(OCC)c1c[nH]c(=O)c2c(c1=O)c1ccccc1n2C. The Kier molecular flexibility index (Phi) is 3.33. The maximum Gasteiger partial charge on any atom is 0.272 e. The molecule has 2 aromatic heterocycles. The molecular formula is C17H16N2O3. The summed E-state index contributed by atoms with van der Waals surface area (Å²) in [6.07, 6.45) is 1.37. The van der Waals surface area contributed by atoms with Crippen LogP contribution in [-0.4, -0.2) is 16.2 Å². The monoisotopic (exact) mass is 296 g/mol. The molecule has 3 aromatic rings. The van der Waals surface area contributed by atoms with Gasteiger partial charge in [-0.3, -0.25) is 9.59 Å². The van der Waals surface area contributed by atoms with Gasteiger partial charge < -0.3 is 14.3 Å². The Bertz CT molecular complexity index is 1010. The largest absolute Gasteiger partial charge is 0.494 e. The number of nitrogens with zero attached hydrogens (tertiary/aromatic N) is 1. The molecule has 0 aliphatic carbocycles. The molecular weight excluding hydrogens is 280 g/mol. The van der Waals surface area contributed by atoms with Gasteiger partial charge in [0.2, 0.25) is 5.43 Å². The molecule has 0 unspecified atom stereocenters. The van der Waals surface area contributed by atoms with Crippen LogP contribution in [-0.2, 0) is 11.8 Å². The standard InChI is InChI=1S/C17H16N2O3/c1-4-22-10(2)12-9-18-17(21)15-14(16(12)20)11-7-5-6-8-13(11)19(15)3/h5-9H,2,4H2,1,3H3,(H,18,21). The highest BCUT2D eigenvalue weighted by molar-refractivity contribution is 6.07. The van der Waals surface area contributed by atoms with Crippen LogP contribution in [0.2, 0.25) is 0 Å². The molecule has 0 aliphatic heterocycles. The Labute approximate surface area is 126 Å². The van der Waals surface area contributed by atoms with Gasteiger partial charge in [-0.1, -0.05) is 24.8 Å². The summed E-state index contributed by atoms with van der Waals surface area (Å²) in [7, 11) is 1.77. The highest BCUT2D eigenvalue weighted by Crippen LogP contribution is 2.23. The minimum Gasteiger partial charge on any atom is -0.494 e. The van der Waals surface area contributed by atoms with Gasteiger partial charge >= 0.3 is 0 Å². The fourth-order valence-corrected chi connectivity index (χ4v) is 2.75. The minimum atomic E-state index is -0.318. The van der Waals surface area contributed by atoms with Crippen LogP contribution < -0.4 is 11.0 Å². The third-order valence-corrected chi connectivity index (χ3v) is 3.76. The molecule has 0 amide bonds. The van der Waals surface area contributed by atoms with Crippen molar-refractivity contribution in [3.63, 3.8) is 0 Å². The van der Waals surface area contributed by atoms with E-state index in [1.165, 1.54) is 6.20 Å². The normalized spacial score (nSPS) is 11.0. The van der Waals surface area contributed by atoms with Crippen molar-refractivity contribution in [1.82, 2.24) is 9.55 Å². The van der Waals surface area contributed by atoms with Gasteiger partial charge in [-0.2, -0.15) is 0 Å². The van der Waals surface area contributed by atoms with E-state index in [1.807, 2.05) is 31.2 Å². The molecule has 22 heavy (non-hydrogen) atoms. The Morgan fingerprint density at radius 3 is 2.77 bits per heavy atom. The van der Waals surface area contributed by atoms with E-state index in [9.17, 15) is 9.59 Å². The van der Waals surface area contributed by atoms with Crippen molar-refractivity contribution < 1.29 is 4.74 Å². The molecule has 5 nitrogen and oxygen atoms in total. The van der Waals surface area contributed by atoms with Crippen molar-refractivity contribution in [1.29, 1.82) is 0 Å². The maximum atomic E-state index is 12.9. The second kappa shape index (κ2) is 5.18. The van der Waals surface area contributed by atoms with Crippen molar-refractivity contribution in [3.05, 3.63) is 63.2 Å². The van der Waals surface area contributed by atoms with E-state index in [1.54, 1.807) is 11.6 Å². The fraction of sp³-hybridized carbons (Fsp3) is 0.176. The first-order valence-corrected chi connectivity index (χ1v) is 7.01. The van der Waals surface area contributed by atoms with Gasteiger partial charge in [0.1, 0.15) is 11.3 Å². The van der Waals surface area contributed by atoms with Gasteiger partial charge in [0.25, 0.3) is 5.56 Å². The van der Waals surface area contributed by atoms with Crippen molar-refractivity contribution in [3.8, 4) is 0 Å². The van der Waals surface area contributed by atoms with E-state index < -0.39 is 0 Å². The van der Waals surface area contributed by atoms with Crippen LogP contribution in [0.3, 0.4) is 0 Å². The lowest BCUT2D eigenvalue weighted by molar-refractivity contribution is 0.299. The first kappa shape index (κ1) is 14.1. The molecule has 0 radical (unpaired) electrons. The van der Waals surface area contributed by atoms with Crippen LogP contribution in [0.25, 0.3) is 27.6 Å². The number of aromatic nitrogens is 2. The third-order valence-electron chi connectivity index (χ3n) is 3.76. The van der Waals surface area contributed by atoms with Crippen molar-refractivity contribution in [2.45, 2.75) is 6.92 Å². The van der Waals surface area contributed by atoms with Crippen LogP contribution in [0.1, 0.15) is 12.5 Å². The summed E-state index contributed by atoms with van der Waals surface area (Å²) in [5, 5.41) is 1.14. The molecule has 0 saturated heterocycles. The van der Waals surface area contributed by atoms with Crippen LogP contribution >= 0.6 is 0 Å². The van der Waals surface area contributed by atoms with E-state index in [0.29, 0.717) is 17.5 Å². The van der Waals surface area contributed by atoms with Gasteiger partial charge in [-0.15, -0.1) is 0 Å². The Morgan fingerprint density at radius 2 is 2.05 bits per heavy atom. The number of aryl methyl sites for hydroxylation is 1. The number of para-hydroxylation sites is 1. The van der Waals surface area contributed by atoms with Crippen LogP contribution in [0.15, 0.2) is 46.6 Å². The number of benzene rings is 1. The molecule has 0 atom stereocenters. The molecule has 3 rings (SSSR count). The second-order valence-electron chi connectivity index (χ2n) is 5.02. The number of fused-ring (bicyclic) bond motifs is 3. The molecule has 112 valence electrons. The minimum absolute atomic E-state index is 0.258. The second-order valence-corrected chi connectivity index (χ2v) is 5.02. The number of hydrogen-bond donors (Lipinski definition) is 1. The van der Waals surface area contributed by atoms with Crippen LogP contribution in [0.5, 0.6) is 0 Å². The smallest absolute Gasteiger partial charge is 0.272 e. The van der Waals surface area contributed by atoms with E-state index in [4.69, 9.17) is 4.74 Å². The molecule has 1 aromatic carbocycles. The highest BCUT2D eigenvalue weighted by atomic mass is 16.5. The van der Waals surface area contributed by atoms with Gasteiger partial charge in [0, 0.05) is 24.1 Å². The zero-order valence-corrected chi connectivity index (χ0v) is 12.5. The molecule has 1 N–H and O–H groups in total. The van der Waals surface area contributed by atoms with E-state index in [0.717, 1.165) is 10.9 Å². The summed E-state index contributed by atoms with van der Waals surface area (Å²) in [6.45, 7) is 5.99. The van der Waals surface area contributed by atoms with E-state index in [2.05, 4.69) is 11.6 Å². The van der Waals surface area contributed by atoms with E-state index in [-0.39, 0.29) is 22.3 Å². The number of H-pyrrole nitrogens is 1. The first-order chi connectivity index (χ1) is 10.6. The van der Waals surface area contributed by atoms with Crippen molar-refractivity contribution in [2.24, 2.45) is 7.05 Å². The van der Waals surface area contributed by atoms with Gasteiger partial charge in [-0.25, -0.2) is 0 Å². The van der Waals surface area contributed by atoms with Crippen LogP contribution in [0, 0.1) is 0 Å². The van der Waals surface area contributed by atoms with Gasteiger partial charge in [-0.05, 0) is 13.0 Å². The van der Waals surface area contributed by atoms with E-state index >= 15 is 0 Å². The number of rotatable bonds is 3. The molecule has 0 spiro atoms. The zero-order chi connectivity index (χ0) is 15.9. The lowest BCUT2D eigenvalue weighted by atomic mass is 10.1. The molecule has 0 aliphatic rings. The highest BCUT2D eigenvalue weighted by Gasteiger charge is 2.16. The lowest BCUT2D eigenvalue weighted by Crippen LogP contribution is -2.07.